The number of aromatic nitrogens is 2. The molecule has 0 unspecified atom stereocenters. The zero-order chi connectivity index (χ0) is 22.9. The molecule has 1 aliphatic rings. The molecule has 1 fully saturated rings. The molecule has 0 bridgehead atoms. The summed E-state index contributed by atoms with van der Waals surface area (Å²) in [6.45, 7) is 7.18. The summed E-state index contributed by atoms with van der Waals surface area (Å²) >= 11 is 0. The van der Waals surface area contributed by atoms with E-state index in [2.05, 4.69) is 16.5 Å². The predicted octanol–water partition coefficient (Wildman–Crippen LogP) is 3.07. The molecule has 4 rings (SSSR count). The number of anilines is 1. The number of amides is 1. The molecular formula is C23H26N4O4S. The lowest BCUT2D eigenvalue weighted by Crippen LogP contribution is -2.40. The molecule has 168 valence electrons. The minimum absolute atomic E-state index is 0.0889. The van der Waals surface area contributed by atoms with Gasteiger partial charge in [-0.25, -0.2) is 13.1 Å². The molecule has 1 aromatic heterocycles. The molecule has 1 saturated heterocycles. The van der Waals surface area contributed by atoms with Gasteiger partial charge < -0.3 is 10.1 Å². The summed E-state index contributed by atoms with van der Waals surface area (Å²) in [6.07, 6.45) is 0. The zero-order valence-electron chi connectivity index (χ0n) is 18.3. The van der Waals surface area contributed by atoms with E-state index in [9.17, 15) is 13.2 Å². The van der Waals surface area contributed by atoms with Crippen LogP contribution in [0.4, 0.5) is 5.82 Å². The lowest BCUT2D eigenvalue weighted by molar-refractivity contribution is 0.0730. The standard InChI is InChI=1S/C23H26N4O4S/c1-16-11-17(2)13-20(12-16)27-22(14-18(3)25-27)24-23(28)19-5-4-6-21(15-19)32(29,30)26-7-9-31-10-8-26/h4-6,11-15H,7-10H2,1-3H3,(H,24,28). The SMILES string of the molecule is Cc1cc(C)cc(-n2nc(C)cc2NC(=O)c2cccc(S(=O)(=O)N3CCOCC3)c2)c1. The Hall–Kier alpha value is -3.01. The molecule has 2 aromatic carbocycles. The lowest BCUT2D eigenvalue weighted by atomic mass is 10.1. The van der Waals surface area contributed by atoms with Crippen LogP contribution in [-0.2, 0) is 14.8 Å². The molecule has 9 heteroatoms. The van der Waals surface area contributed by atoms with Crippen molar-refractivity contribution in [2.75, 3.05) is 31.6 Å². The first-order valence-electron chi connectivity index (χ1n) is 10.4. The van der Waals surface area contributed by atoms with Crippen LogP contribution < -0.4 is 5.32 Å². The number of hydrogen-bond donors (Lipinski definition) is 1. The topological polar surface area (TPSA) is 93.5 Å². The molecule has 2 heterocycles. The minimum Gasteiger partial charge on any atom is -0.379 e. The molecule has 0 aliphatic carbocycles. The maximum atomic E-state index is 13.0. The molecule has 8 nitrogen and oxygen atoms in total. The molecular weight excluding hydrogens is 428 g/mol. The van der Waals surface area contributed by atoms with E-state index in [0.717, 1.165) is 22.5 Å². The van der Waals surface area contributed by atoms with Crippen molar-refractivity contribution >= 4 is 21.7 Å². The number of nitrogens with one attached hydrogen (secondary N) is 1. The van der Waals surface area contributed by atoms with Crippen molar-refractivity contribution in [3.63, 3.8) is 0 Å². The Bertz CT molecular complexity index is 1240. The van der Waals surface area contributed by atoms with Gasteiger partial charge in [0, 0.05) is 24.7 Å². The van der Waals surface area contributed by atoms with Crippen molar-refractivity contribution in [2.24, 2.45) is 0 Å². The van der Waals surface area contributed by atoms with Crippen LogP contribution in [0.5, 0.6) is 0 Å². The second-order valence-corrected chi connectivity index (χ2v) is 9.87. The van der Waals surface area contributed by atoms with E-state index >= 15 is 0 Å². The number of ether oxygens (including phenoxy) is 1. The van der Waals surface area contributed by atoms with E-state index in [1.54, 1.807) is 22.9 Å². The van der Waals surface area contributed by atoms with Gasteiger partial charge in [-0.1, -0.05) is 12.1 Å². The van der Waals surface area contributed by atoms with Gasteiger partial charge in [-0.3, -0.25) is 4.79 Å². The first kappa shape index (κ1) is 22.2. The van der Waals surface area contributed by atoms with Gasteiger partial charge in [-0.2, -0.15) is 9.40 Å². The Balaban J connectivity index is 1.61. The van der Waals surface area contributed by atoms with Crippen LogP contribution in [0, 0.1) is 20.8 Å². The highest BCUT2D eigenvalue weighted by molar-refractivity contribution is 7.89. The van der Waals surface area contributed by atoms with Gasteiger partial charge in [0.05, 0.1) is 29.5 Å². The number of aryl methyl sites for hydroxylation is 3. The van der Waals surface area contributed by atoms with Crippen LogP contribution in [0.25, 0.3) is 5.69 Å². The monoisotopic (exact) mass is 454 g/mol. The second kappa shape index (κ2) is 8.85. The van der Waals surface area contributed by atoms with Crippen LogP contribution >= 0.6 is 0 Å². The average Bonchev–Trinajstić information content (AvgIpc) is 3.13. The summed E-state index contributed by atoms with van der Waals surface area (Å²) in [5.74, 6) is 0.105. The van der Waals surface area contributed by atoms with Gasteiger partial charge in [0.1, 0.15) is 5.82 Å². The van der Waals surface area contributed by atoms with Gasteiger partial charge >= 0.3 is 0 Å². The van der Waals surface area contributed by atoms with Crippen LogP contribution in [0.1, 0.15) is 27.2 Å². The molecule has 0 atom stereocenters. The van der Waals surface area contributed by atoms with E-state index in [-0.39, 0.29) is 10.5 Å². The number of sulfonamides is 1. The maximum absolute atomic E-state index is 13.0. The summed E-state index contributed by atoms with van der Waals surface area (Å²) in [7, 11) is -3.69. The summed E-state index contributed by atoms with van der Waals surface area (Å²) in [4.78, 5) is 13.1. The molecule has 1 aliphatic heterocycles. The van der Waals surface area contributed by atoms with Crippen LogP contribution in [-0.4, -0.2) is 54.7 Å². The van der Waals surface area contributed by atoms with Gasteiger partial charge in [0.25, 0.3) is 5.91 Å². The van der Waals surface area contributed by atoms with Crippen molar-refractivity contribution in [3.05, 3.63) is 70.9 Å². The van der Waals surface area contributed by atoms with E-state index in [4.69, 9.17) is 4.74 Å². The number of hydrogen-bond acceptors (Lipinski definition) is 5. The van der Waals surface area contributed by atoms with Gasteiger partial charge in [0.2, 0.25) is 10.0 Å². The van der Waals surface area contributed by atoms with Gasteiger partial charge in [-0.15, -0.1) is 0 Å². The fraction of sp³-hybridized carbons (Fsp3) is 0.304. The van der Waals surface area contributed by atoms with E-state index in [1.807, 2.05) is 32.9 Å². The van der Waals surface area contributed by atoms with E-state index in [1.165, 1.54) is 16.4 Å². The number of benzene rings is 2. The third-order valence-corrected chi connectivity index (χ3v) is 7.12. The highest BCUT2D eigenvalue weighted by atomic mass is 32.2. The Labute approximate surface area is 187 Å². The Kier molecular flexibility index (Phi) is 6.14. The van der Waals surface area contributed by atoms with E-state index < -0.39 is 15.9 Å². The average molecular weight is 455 g/mol. The molecule has 0 saturated carbocycles. The zero-order valence-corrected chi connectivity index (χ0v) is 19.1. The Morgan fingerprint density at radius 1 is 1.00 bits per heavy atom. The highest BCUT2D eigenvalue weighted by Gasteiger charge is 2.27. The number of nitrogens with zero attached hydrogens (tertiary/aromatic N) is 3. The number of morpholine rings is 1. The fourth-order valence-corrected chi connectivity index (χ4v) is 5.23. The van der Waals surface area contributed by atoms with Crippen molar-refractivity contribution in [1.82, 2.24) is 14.1 Å². The largest absolute Gasteiger partial charge is 0.379 e. The Morgan fingerprint density at radius 3 is 2.38 bits per heavy atom. The molecule has 3 aromatic rings. The van der Waals surface area contributed by atoms with Crippen LogP contribution in [0.15, 0.2) is 53.4 Å². The Morgan fingerprint density at radius 2 is 1.69 bits per heavy atom. The molecule has 0 spiro atoms. The van der Waals surface area contributed by atoms with Crippen molar-refractivity contribution in [1.29, 1.82) is 0 Å². The normalized spacial score (nSPS) is 15.0. The first-order valence-corrected chi connectivity index (χ1v) is 11.8. The van der Waals surface area contributed by atoms with Crippen LogP contribution in [0.2, 0.25) is 0 Å². The van der Waals surface area contributed by atoms with Crippen LogP contribution in [0.3, 0.4) is 0 Å². The van der Waals surface area contributed by atoms with Crippen molar-refractivity contribution in [3.8, 4) is 5.69 Å². The predicted molar refractivity (Wildman–Crippen MR) is 122 cm³/mol. The first-order chi connectivity index (χ1) is 15.2. The molecule has 1 amide bonds. The maximum Gasteiger partial charge on any atom is 0.256 e. The summed E-state index contributed by atoms with van der Waals surface area (Å²) in [5.41, 5.74) is 4.03. The smallest absolute Gasteiger partial charge is 0.256 e. The summed E-state index contributed by atoms with van der Waals surface area (Å²) in [6, 6.07) is 13.9. The second-order valence-electron chi connectivity index (χ2n) is 7.93. The highest BCUT2D eigenvalue weighted by Crippen LogP contribution is 2.22. The number of rotatable bonds is 5. The fourth-order valence-electron chi connectivity index (χ4n) is 3.78. The number of carbonyl (C=O) groups excluding carboxylic acids is 1. The van der Waals surface area contributed by atoms with E-state index in [0.29, 0.717) is 32.1 Å². The van der Waals surface area contributed by atoms with Gasteiger partial charge in [0.15, 0.2) is 0 Å². The van der Waals surface area contributed by atoms with Gasteiger partial charge in [-0.05, 0) is 62.2 Å². The molecule has 0 radical (unpaired) electrons. The summed E-state index contributed by atoms with van der Waals surface area (Å²) < 4.78 is 34.2. The number of carbonyl (C=O) groups is 1. The lowest BCUT2D eigenvalue weighted by Gasteiger charge is -2.26. The summed E-state index contributed by atoms with van der Waals surface area (Å²) in [5, 5.41) is 7.39. The third kappa shape index (κ3) is 4.59. The van der Waals surface area contributed by atoms with Crippen molar-refractivity contribution in [2.45, 2.75) is 25.7 Å². The molecule has 1 N–H and O–H groups in total. The molecule has 32 heavy (non-hydrogen) atoms. The minimum atomic E-state index is -3.69. The third-order valence-electron chi connectivity index (χ3n) is 5.23. The quantitative estimate of drug-likeness (QED) is 0.640. The van der Waals surface area contributed by atoms with Crippen molar-refractivity contribution < 1.29 is 17.9 Å².